The molecule has 1 fully saturated rings. The zero-order valence-corrected chi connectivity index (χ0v) is 20.4. The molecule has 0 atom stereocenters. The molecular formula is C22H27N3O6S2. The number of benzene rings is 2. The molecule has 1 heterocycles. The summed E-state index contributed by atoms with van der Waals surface area (Å²) in [6.07, 6.45) is 0. The average Bonchev–Trinajstić information content (AvgIpc) is 2.79. The van der Waals surface area contributed by atoms with Gasteiger partial charge in [-0.1, -0.05) is 12.1 Å². The molecule has 178 valence electrons. The van der Waals surface area contributed by atoms with Gasteiger partial charge in [0.15, 0.2) is 0 Å². The molecule has 9 nitrogen and oxygen atoms in total. The number of thioether (sulfide) groups is 1. The highest BCUT2D eigenvalue weighted by Crippen LogP contribution is 2.33. The van der Waals surface area contributed by atoms with E-state index in [-0.39, 0.29) is 40.9 Å². The third-order valence-electron chi connectivity index (χ3n) is 5.57. The van der Waals surface area contributed by atoms with Crippen LogP contribution in [0.25, 0.3) is 0 Å². The maximum absolute atomic E-state index is 13.2. The van der Waals surface area contributed by atoms with Gasteiger partial charge in [0, 0.05) is 37.9 Å². The van der Waals surface area contributed by atoms with E-state index in [4.69, 9.17) is 4.74 Å². The fourth-order valence-corrected chi connectivity index (χ4v) is 5.90. The van der Waals surface area contributed by atoms with Crippen molar-refractivity contribution in [3.05, 3.63) is 57.6 Å². The lowest BCUT2D eigenvalue weighted by molar-refractivity contribution is -0.388. The highest BCUT2D eigenvalue weighted by atomic mass is 32.2. The molecule has 0 aliphatic carbocycles. The number of nitro groups is 1. The van der Waals surface area contributed by atoms with Gasteiger partial charge in [0.05, 0.1) is 27.1 Å². The molecule has 0 spiro atoms. The van der Waals surface area contributed by atoms with Crippen molar-refractivity contribution in [1.29, 1.82) is 0 Å². The summed E-state index contributed by atoms with van der Waals surface area (Å²) in [4.78, 5) is 24.8. The van der Waals surface area contributed by atoms with Gasteiger partial charge in [0.2, 0.25) is 10.0 Å². The first-order chi connectivity index (χ1) is 15.6. The fraction of sp³-hybridized carbons (Fsp3) is 0.409. The first kappa shape index (κ1) is 25.0. The maximum atomic E-state index is 13.2. The SMILES string of the molecule is CCOC(=O)CSc1ccc(S(=O)(=O)N2CCN(c3cccc(C)c3C)CC2)cc1[N+](=O)[O-]. The van der Waals surface area contributed by atoms with Crippen LogP contribution in [0.15, 0.2) is 46.2 Å². The number of carbonyl (C=O) groups is 1. The van der Waals surface area contributed by atoms with E-state index in [9.17, 15) is 23.3 Å². The number of sulfonamides is 1. The molecule has 0 N–H and O–H groups in total. The van der Waals surface area contributed by atoms with Gasteiger partial charge >= 0.3 is 5.97 Å². The smallest absolute Gasteiger partial charge is 0.316 e. The molecule has 0 bridgehead atoms. The quantitative estimate of drug-likeness (QED) is 0.238. The first-order valence-electron chi connectivity index (χ1n) is 10.5. The summed E-state index contributed by atoms with van der Waals surface area (Å²) < 4.78 is 32.6. The van der Waals surface area contributed by atoms with Crippen molar-refractivity contribution in [2.75, 3.05) is 43.4 Å². The Balaban J connectivity index is 1.76. The number of aryl methyl sites for hydroxylation is 1. The number of rotatable bonds is 8. The van der Waals surface area contributed by atoms with Crippen molar-refractivity contribution in [3.8, 4) is 0 Å². The van der Waals surface area contributed by atoms with Crippen LogP contribution >= 0.6 is 11.8 Å². The summed E-state index contributed by atoms with van der Waals surface area (Å²) in [6.45, 7) is 7.60. The summed E-state index contributed by atoms with van der Waals surface area (Å²) in [6, 6.07) is 9.86. The summed E-state index contributed by atoms with van der Waals surface area (Å²) in [5, 5.41) is 11.6. The van der Waals surface area contributed by atoms with Crippen LogP contribution in [0.4, 0.5) is 11.4 Å². The Morgan fingerprint density at radius 3 is 2.48 bits per heavy atom. The van der Waals surface area contributed by atoms with Crippen molar-refractivity contribution >= 4 is 39.1 Å². The number of piperazine rings is 1. The summed E-state index contributed by atoms with van der Waals surface area (Å²) in [7, 11) is -3.90. The zero-order chi connectivity index (χ0) is 24.2. The standard InChI is InChI=1S/C22H27N3O6S2/c1-4-31-22(26)15-32-21-9-8-18(14-20(21)25(27)28)33(29,30)24-12-10-23(11-13-24)19-7-5-6-16(2)17(19)3/h5-9,14H,4,10-13,15H2,1-3H3. The second kappa shape index (κ2) is 10.5. The first-order valence-corrected chi connectivity index (χ1v) is 13.0. The minimum absolute atomic E-state index is 0.0961. The number of anilines is 1. The van der Waals surface area contributed by atoms with E-state index in [2.05, 4.69) is 11.8 Å². The van der Waals surface area contributed by atoms with Crippen molar-refractivity contribution in [3.63, 3.8) is 0 Å². The third-order valence-corrected chi connectivity index (χ3v) is 8.50. The predicted molar refractivity (Wildman–Crippen MR) is 127 cm³/mol. The summed E-state index contributed by atoms with van der Waals surface area (Å²) >= 11 is 0.947. The molecule has 1 aliphatic rings. The number of carbonyl (C=O) groups excluding carboxylic acids is 1. The van der Waals surface area contributed by atoms with Crippen LogP contribution in [0.3, 0.4) is 0 Å². The van der Waals surface area contributed by atoms with Gasteiger partial charge < -0.3 is 9.64 Å². The topological polar surface area (TPSA) is 110 Å². The van der Waals surface area contributed by atoms with Gasteiger partial charge in [-0.2, -0.15) is 4.31 Å². The highest BCUT2D eigenvalue weighted by molar-refractivity contribution is 8.00. The molecule has 0 radical (unpaired) electrons. The minimum atomic E-state index is -3.90. The highest BCUT2D eigenvalue weighted by Gasteiger charge is 2.31. The Hall–Kier alpha value is -2.63. The van der Waals surface area contributed by atoms with E-state index in [1.807, 2.05) is 25.1 Å². The van der Waals surface area contributed by atoms with Crippen molar-refractivity contribution in [2.24, 2.45) is 0 Å². The normalized spacial score (nSPS) is 14.8. The van der Waals surface area contributed by atoms with E-state index in [1.165, 1.54) is 27.6 Å². The average molecular weight is 494 g/mol. The molecule has 1 saturated heterocycles. The van der Waals surface area contributed by atoms with E-state index < -0.39 is 20.9 Å². The van der Waals surface area contributed by atoms with Crippen LogP contribution < -0.4 is 4.90 Å². The second-order valence-electron chi connectivity index (χ2n) is 7.59. The molecule has 0 unspecified atom stereocenters. The number of ether oxygens (including phenoxy) is 1. The van der Waals surface area contributed by atoms with Crippen LogP contribution in [-0.4, -0.2) is 62.2 Å². The molecule has 1 aliphatic heterocycles. The second-order valence-corrected chi connectivity index (χ2v) is 10.5. The minimum Gasteiger partial charge on any atom is -0.465 e. The van der Waals surface area contributed by atoms with E-state index >= 15 is 0 Å². The largest absolute Gasteiger partial charge is 0.465 e. The molecule has 2 aromatic rings. The number of hydrogen-bond acceptors (Lipinski definition) is 8. The predicted octanol–water partition coefficient (Wildman–Crippen LogP) is 3.38. The lowest BCUT2D eigenvalue weighted by Gasteiger charge is -2.36. The van der Waals surface area contributed by atoms with Crippen molar-refractivity contribution < 1.29 is 22.9 Å². The van der Waals surface area contributed by atoms with Gasteiger partial charge in [-0.05, 0) is 50.1 Å². The number of hydrogen-bond donors (Lipinski definition) is 0. The molecule has 3 rings (SSSR count). The molecule has 0 amide bonds. The Labute approximate surface area is 197 Å². The maximum Gasteiger partial charge on any atom is 0.316 e. The number of nitrogens with zero attached hydrogens (tertiary/aromatic N) is 3. The van der Waals surface area contributed by atoms with Gasteiger partial charge in [-0.3, -0.25) is 14.9 Å². The zero-order valence-electron chi connectivity index (χ0n) is 18.8. The molecule has 33 heavy (non-hydrogen) atoms. The van der Waals surface area contributed by atoms with Crippen molar-refractivity contribution in [2.45, 2.75) is 30.6 Å². The number of esters is 1. The lowest BCUT2D eigenvalue weighted by Crippen LogP contribution is -2.48. The van der Waals surface area contributed by atoms with Gasteiger partial charge in [-0.25, -0.2) is 8.42 Å². The van der Waals surface area contributed by atoms with Crippen LogP contribution in [0.1, 0.15) is 18.1 Å². The lowest BCUT2D eigenvalue weighted by atomic mass is 10.1. The van der Waals surface area contributed by atoms with Crippen molar-refractivity contribution in [1.82, 2.24) is 4.31 Å². The molecule has 2 aromatic carbocycles. The Kier molecular flexibility index (Phi) is 7.98. The van der Waals surface area contributed by atoms with Gasteiger partial charge in [0.25, 0.3) is 5.69 Å². The monoisotopic (exact) mass is 493 g/mol. The van der Waals surface area contributed by atoms with Gasteiger partial charge in [0.1, 0.15) is 0 Å². The molecular weight excluding hydrogens is 466 g/mol. The number of nitro benzene ring substituents is 1. The third kappa shape index (κ3) is 5.66. The summed E-state index contributed by atoms with van der Waals surface area (Å²) in [5.74, 6) is -0.587. The van der Waals surface area contributed by atoms with Crippen LogP contribution in [0.5, 0.6) is 0 Å². The fourth-order valence-electron chi connectivity index (χ4n) is 3.66. The van der Waals surface area contributed by atoms with Crippen LogP contribution in [0, 0.1) is 24.0 Å². The Morgan fingerprint density at radius 1 is 1.15 bits per heavy atom. The van der Waals surface area contributed by atoms with Crippen LogP contribution in [-0.2, 0) is 19.6 Å². The van der Waals surface area contributed by atoms with E-state index in [1.54, 1.807) is 6.92 Å². The van der Waals surface area contributed by atoms with Gasteiger partial charge in [-0.15, -0.1) is 11.8 Å². The van der Waals surface area contributed by atoms with E-state index in [0.717, 1.165) is 23.5 Å². The molecule has 0 aromatic heterocycles. The molecule has 11 heteroatoms. The molecule has 0 saturated carbocycles. The Morgan fingerprint density at radius 2 is 1.85 bits per heavy atom. The van der Waals surface area contributed by atoms with Crippen LogP contribution in [0.2, 0.25) is 0 Å². The van der Waals surface area contributed by atoms with E-state index in [0.29, 0.717) is 13.1 Å². The summed E-state index contributed by atoms with van der Waals surface area (Å²) in [5.41, 5.74) is 3.08. The Bertz CT molecular complexity index is 1140.